The van der Waals surface area contributed by atoms with Crippen LogP contribution in [0.15, 0.2) is 48.7 Å². The molecule has 1 aliphatic heterocycles. The van der Waals surface area contributed by atoms with Gasteiger partial charge in [0, 0.05) is 36.5 Å². The molecule has 1 aromatic heterocycles. The molecule has 1 fully saturated rings. The first-order valence-electron chi connectivity index (χ1n) is 8.06. The number of hydrogen-bond acceptors (Lipinski definition) is 2. The topological polar surface area (TPSA) is 36.4 Å². The van der Waals surface area contributed by atoms with Gasteiger partial charge in [-0.05, 0) is 44.5 Å². The smallest absolute Gasteiger partial charge is 0.322 e. The summed E-state index contributed by atoms with van der Waals surface area (Å²) in [4.78, 5) is 20.4. The molecule has 2 aromatic rings. The molecule has 1 aromatic carbocycles. The second-order valence-corrected chi connectivity index (χ2v) is 6.58. The molecule has 24 heavy (non-hydrogen) atoms. The van der Waals surface area contributed by atoms with Crippen molar-refractivity contribution in [3.63, 3.8) is 0 Å². The van der Waals surface area contributed by atoms with Gasteiger partial charge < -0.3 is 4.90 Å². The zero-order chi connectivity index (χ0) is 17.2. The summed E-state index contributed by atoms with van der Waals surface area (Å²) in [5.41, 5.74) is 1.69. The van der Waals surface area contributed by atoms with Crippen molar-refractivity contribution in [2.24, 2.45) is 0 Å². The normalized spacial score (nSPS) is 16.5. The van der Waals surface area contributed by atoms with Crippen molar-refractivity contribution in [3.8, 4) is 11.8 Å². The molecular formula is C20H21N3O. The van der Waals surface area contributed by atoms with E-state index in [-0.39, 0.29) is 11.6 Å². The molecule has 0 unspecified atom stereocenters. The third-order valence-electron chi connectivity index (χ3n) is 4.52. The van der Waals surface area contributed by atoms with Crippen molar-refractivity contribution in [1.29, 1.82) is 0 Å². The molecule has 122 valence electrons. The molecule has 4 heteroatoms. The summed E-state index contributed by atoms with van der Waals surface area (Å²) in [6.45, 7) is 4.84. The first-order chi connectivity index (χ1) is 11.5. The van der Waals surface area contributed by atoms with Crippen LogP contribution >= 0.6 is 0 Å². The van der Waals surface area contributed by atoms with Crippen molar-refractivity contribution in [2.45, 2.75) is 25.8 Å². The lowest BCUT2D eigenvalue weighted by atomic mass is 9.96. The molecule has 0 bridgehead atoms. The first kappa shape index (κ1) is 16.1. The Bertz CT molecular complexity index is 785. The first-order valence-corrected chi connectivity index (χ1v) is 8.06. The zero-order valence-corrected chi connectivity index (χ0v) is 14.3. The van der Waals surface area contributed by atoms with E-state index in [2.05, 4.69) is 30.7 Å². The molecule has 2 heterocycles. The molecule has 0 aliphatic carbocycles. The van der Waals surface area contributed by atoms with Gasteiger partial charge in [-0.1, -0.05) is 30.0 Å². The Morgan fingerprint density at radius 2 is 1.75 bits per heavy atom. The molecule has 2 amide bonds. The highest BCUT2D eigenvalue weighted by molar-refractivity contribution is 5.92. The number of carbonyl (C=O) groups is 1. The van der Waals surface area contributed by atoms with Gasteiger partial charge >= 0.3 is 6.03 Å². The van der Waals surface area contributed by atoms with Crippen LogP contribution in [0.3, 0.4) is 0 Å². The van der Waals surface area contributed by atoms with Crippen molar-refractivity contribution in [2.75, 3.05) is 18.5 Å². The minimum absolute atomic E-state index is 0.0122. The Balaban J connectivity index is 1.76. The van der Waals surface area contributed by atoms with E-state index >= 15 is 0 Å². The highest BCUT2D eigenvalue weighted by Gasteiger charge is 2.37. The summed E-state index contributed by atoms with van der Waals surface area (Å²) in [6.07, 6.45) is 2.63. The van der Waals surface area contributed by atoms with Gasteiger partial charge in [-0.3, -0.25) is 4.90 Å². The SMILES string of the molecule is CN1C(=O)N(c2ccc(C#Cc3ccccc3)cn2)CCC1(C)C. The van der Waals surface area contributed by atoms with Crippen LogP contribution < -0.4 is 4.90 Å². The van der Waals surface area contributed by atoms with E-state index < -0.39 is 0 Å². The number of nitrogens with zero attached hydrogens (tertiary/aromatic N) is 3. The van der Waals surface area contributed by atoms with Crippen molar-refractivity contribution >= 4 is 11.8 Å². The van der Waals surface area contributed by atoms with Crippen LogP contribution in [0.1, 0.15) is 31.4 Å². The second-order valence-electron chi connectivity index (χ2n) is 6.58. The standard InChI is InChI=1S/C20H21N3O/c1-20(2)13-14-23(19(24)22(20)3)18-12-11-17(15-21-18)10-9-16-7-5-4-6-8-16/h4-8,11-12,15H,13-14H2,1-3H3. The third-order valence-corrected chi connectivity index (χ3v) is 4.52. The van der Waals surface area contributed by atoms with Gasteiger partial charge in [0.25, 0.3) is 0 Å². The summed E-state index contributed by atoms with van der Waals surface area (Å²) in [5, 5.41) is 0. The molecule has 4 nitrogen and oxygen atoms in total. The molecule has 1 aliphatic rings. The van der Waals surface area contributed by atoms with Crippen LogP contribution in [-0.4, -0.2) is 35.0 Å². The average molecular weight is 319 g/mol. The van der Waals surface area contributed by atoms with E-state index in [0.717, 1.165) is 17.5 Å². The predicted molar refractivity (Wildman–Crippen MR) is 95.9 cm³/mol. The zero-order valence-electron chi connectivity index (χ0n) is 14.3. The largest absolute Gasteiger partial charge is 0.325 e. The van der Waals surface area contributed by atoms with Gasteiger partial charge in [0.1, 0.15) is 5.82 Å². The number of carbonyl (C=O) groups excluding carboxylic acids is 1. The maximum Gasteiger partial charge on any atom is 0.325 e. The summed E-state index contributed by atoms with van der Waals surface area (Å²) in [6, 6.07) is 13.6. The van der Waals surface area contributed by atoms with Crippen LogP contribution in [0.5, 0.6) is 0 Å². The average Bonchev–Trinajstić information content (AvgIpc) is 2.60. The lowest BCUT2D eigenvalue weighted by molar-refractivity contribution is 0.140. The molecule has 0 N–H and O–H groups in total. The second kappa shape index (κ2) is 6.37. The van der Waals surface area contributed by atoms with Crippen LogP contribution in [-0.2, 0) is 0 Å². The van der Waals surface area contributed by atoms with Crippen LogP contribution in [0.25, 0.3) is 0 Å². The fourth-order valence-electron chi connectivity index (χ4n) is 2.59. The maximum atomic E-state index is 12.5. The Hall–Kier alpha value is -2.80. The third kappa shape index (κ3) is 3.26. The minimum atomic E-state index is -0.116. The Labute approximate surface area is 143 Å². The summed E-state index contributed by atoms with van der Waals surface area (Å²) < 4.78 is 0. The van der Waals surface area contributed by atoms with Crippen molar-refractivity contribution in [1.82, 2.24) is 9.88 Å². The molecule has 0 atom stereocenters. The lowest BCUT2D eigenvalue weighted by Gasteiger charge is -2.44. The number of anilines is 1. The number of amides is 2. The monoisotopic (exact) mass is 319 g/mol. The Morgan fingerprint density at radius 1 is 1.04 bits per heavy atom. The lowest BCUT2D eigenvalue weighted by Crippen LogP contribution is -2.57. The van der Waals surface area contributed by atoms with E-state index in [1.165, 1.54) is 0 Å². The minimum Gasteiger partial charge on any atom is -0.322 e. The van der Waals surface area contributed by atoms with E-state index in [9.17, 15) is 4.79 Å². The molecule has 3 rings (SSSR count). The molecule has 0 spiro atoms. The highest BCUT2D eigenvalue weighted by atomic mass is 16.2. The van der Waals surface area contributed by atoms with Gasteiger partial charge in [-0.15, -0.1) is 0 Å². The highest BCUT2D eigenvalue weighted by Crippen LogP contribution is 2.27. The Morgan fingerprint density at radius 3 is 2.42 bits per heavy atom. The van der Waals surface area contributed by atoms with E-state index in [0.29, 0.717) is 12.4 Å². The maximum absolute atomic E-state index is 12.5. The number of urea groups is 1. The Kier molecular flexibility index (Phi) is 4.26. The van der Waals surface area contributed by atoms with E-state index in [1.54, 1.807) is 16.0 Å². The number of benzene rings is 1. The summed E-state index contributed by atoms with van der Waals surface area (Å²) in [7, 11) is 1.84. The van der Waals surface area contributed by atoms with Gasteiger partial charge in [0.05, 0.1) is 0 Å². The van der Waals surface area contributed by atoms with Gasteiger partial charge in [0.15, 0.2) is 0 Å². The van der Waals surface area contributed by atoms with Crippen LogP contribution in [0, 0.1) is 11.8 Å². The molecule has 0 saturated carbocycles. The van der Waals surface area contributed by atoms with Crippen molar-refractivity contribution < 1.29 is 4.79 Å². The fourth-order valence-corrected chi connectivity index (χ4v) is 2.59. The van der Waals surface area contributed by atoms with Gasteiger partial charge in [-0.2, -0.15) is 0 Å². The quantitative estimate of drug-likeness (QED) is 0.754. The van der Waals surface area contributed by atoms with E-state index in [4.69, 9.17) is 0 Å². The summed E-state index contributed by atoms with van der Waals surface area (Å²) in [5.74, 6) is 6.88. The number of hydrogen-bond donors (Lipinski definition) is 0. The van der Waals surface area contributed by atoms with Gasteiger partial charge in [0.2, 0.25) is 0 Å². The van der Waals surface area contributed by atoms with Gasteiger partial charge in [-0.25, -0.2) is 9.78 Å². The molecular weight excluding hydrogens is 298 g/mol. The van der Waals surface area contributed by atoms with Crippen LogP contribution in [0.4, 0.5) is 10.6 Å². The predicted octanol–water partition coefficient (Wildman–Crippen LogP) is 3.52. The number of pyridine rings is 1. The summed E-state index contributed by atoms with van der Waals surface area (Å²) >= 11 is 0. The van der Waals surface area contributed by atoms with Crippen molar-refractivity contribution in [3.05, 3.63) is 59.8 Å². The molecule has 1 saturated heterocycles. The number of aromatic nitrogens is 1. The number of rotatable bonds is 1. The van der Waals surface area contributed by atoms with E-state index in [1.807, 2.05) is 49.5 Å². The molecule has 0 radical (unpaired) electrons. The fraction of sp³-hybridized carbons (Fsp3) is 0.300. The van der Waals surface area contributed by atoms with Crippen LogP contribution in [0.2, 0.25) is 0 Å².